The van der Waals surface area contributed by atoms with Crippen LogP contribution in [0.15, 0.2) is 0 Å². The highest BCUT2D eigenvalue weighted by Crippen LogP contribution is 2.42. The number of alkyl halides is 6. The Bertz CT molecular complexity index is 536. The van der Waals surface area contributed by atoms with Crippen molar-refractivity contribution in [2.75, 3.05) is 14.1 Å². The fraction of sp³-hybridized carbons (Fsp3) is 0.857. The molecule has 0 radical (unpaired) electrons. The third kappa shape index (κ3) is 5.13. The van der Waals surface area contributed by atoms with Crippen molar-refractivity contribution in [3.8, 4) is 0 Å². The van der Waals surface area contributed by atoms with Crippen molar-refractivity contribution in [3.05, 3.63) is 0 Å². The second-order valence-electron chi connectivity index (χ2n) is 6.47. The van der Waals surface area contributed by atoms with Gasteiger partial charge in [0.15, 0.2) is 7.59 Å². The summed E-state index contributed by atoms with van der Waals surface area (Å²) >= 11 is 35.1. The molecule has 0 aromatic carbocycles. The molecule has 1 saturated heterocycles. The SMILES string of the molecule is C[C@@H](C[C@H]1C(=O)N(C)[C@](O)(C[C@H](C)C(Cl)(Cl)Cl)C(=O)N1C)C(Cl)(Cl)Cl. The van der Waals surface area contributed by atoms with Crippen LogP contribution in [0.3, 0.4) is 0 Å². The number of amides is 2. The molecular weight excluding hydrogens is 457 g/mol. The molecule has 1 heterocycles. The van der Waals surface area contributed by atoms with E-state index in [2.05, 4.69) is 0 Å². The molecule has 1 rings (SSSR count). The van der Waals surface area contributed by atoms with E-state index in [1.54, 1.807) is 13.8 Å². The Morgan fingerprint density at radius 1 is 1.04 bits per heavy atom. The molecule has 0 aromatic rings. The molecule has 5 nitrogen and oxygen atoms in total. The number of rotatable bonds is 4. The van der Waals surface area contributed by atoms with E-state index in [-0.39, 0.29) is 12.8 Å². The molecule has 0 aliphatic carbocycles. The van der Waals surface area contributed by atoms with Crippen LogP contribution in [0.5, 0.6) is 0 Å². The molecule has 1 aliphatic heterocycles. The lowest BCUT2D eigenvalue weighted by Gasteiger charge is -2.48. The van der Waals surface area contributed by atoms with E-state index in [4.69, 9.17) is 69.6 Å². The second-order valence-corrected chi connectivity index (χ2v) is 11.2. The summed E-state index contributed by atoms with van der Waals surface area (Å²) in [5, 5.41) is 10.9. The molecule has 1 aliphatic rings. The Morgan fingerprint density at radius 3 is 1.88 bits per heavy atom. The van der Waals surface area contributed by atoms with Gasteiger partial charge in [-0.3, -0.25) is 9.59 Å². The van der Waals surface area contributed by atoms with Gasteiger partial charge < -0.3 is 14.9 Å². The Labute approximate surface area is 177 Å². The van der Waals surface area contributed by atoms with E-state index < -0.39 is 43.0 Å². The van der Waals surface area contributed by atoms with Crippen molar-refractivity contribution in [2.45, 2.75) is 46.0 Å². The van der Waals surface area contributed by atoms with Gasteiger partial charge in [-0.1, -0.05) is 83.5 Å². The first-order valence-electron chi connectivity index (χ1n) is 7.44. The van der Waals surface area contributed by atoms with Gasteiger partial charge in [-0.2, -0.15) is 0 Å². The van der Waals surface area contributed by atoms with E-state index >= 15 is 0 Å². The Morgan fingerprint density at radius 2 is 1.48 bits per heavy atom. The van der Waals surface area contributed by atoms with Crippen LogP contribution in [0.4, 0.5) is 0 Å². The molecule has 11 heteroatoms. The Hall–Kier alpha value is 0.640. The fourth-order valence-electron chi connectivity index (χ4n) is 2.63. The maximum atomic E-state index is 12.8. The molecule has 1 N–H and O–H groups in total. The summed E-state index contributed by atoms with van der Waals surface area (Å²) in [5.41, 5.74) is -2.12. The Kier molecular flexibility index (Phi) is 7.52. The van der Waals surface area contributed by atoms with Crippen molar-refractivity contribution in [2.24, 2.45) is 11.8 Å². The van der Waals surface area contributed by atoms with Crippen LogP contribution >= 0.6 is 69.6 Å². The molecule has 1 fully saturated rings. The minimum absolute atomic E-state index is 0.123. The van der Waals surface area contributed by atoms with Gasteiger partial charge in [-0.25, -0.2) is 0 Å². The molecule has 146 valence electrons. The maximum absolute atomic E-state index is 12.8. The van der Waals surface area contributed by atoms with Gasteiger partial charge in [0.1, 0.15) is 6.04 Å². The molecule has 2 amide bonds. The number of hydrogen-bond acceptors (Lipinski definition) is 3. The summed E-state index contributed by atoms with van der Waals surface area (Å²) < 4.78 is -3.28. The number of piperazine rings is 1. The molecule has 25 heavy (non-hydrogen) atoms. The van der Waals surface area contributed by atoms with Crippen molar-refractivity contribution in [1.82, 2.24) is 9.80 Å². The van der Waals surface area contributed by atoms with Gasteiger partial charge in [0.25, 0.3) is 5.91 Å². The molecule has 0 aromatic heterocycles. The third-order valence-electron chi connectivity index (χ3n) is 4.59. The monoisotopic (exact) mass is 474 g/mol. The summed E-state index contributed by atoms with van der Waals surface area (Å²) in [6.07, 6.45) is -0.111. The van der Waals surface area contributed by atoms with Crippen LogP contribution in [-0.4, -0.2) is 60.2 Å². The number of carbonyl (C=O) groups is 2. The van der Waals surface area contributed by atoms with Crippen LogP contribution in [0.25, 0.3) is 0 Å². The lowest BCUT2D eigenvalue weighted by Crippen LogP contribution is -2.70. The van der Waals surface area contributed by atoms with Gasteiger partial charge in [-0.15, -0.1) is 0 Å². The van der Waals surface area contributed by atoms with Gasteiger partial charge >= 0.3 is 0 Å². The van der Waals surface area contributed by atoms with Gasteiger partial charge in [0.2, 0.25) is 11.6 Å². The smallest absolute Gasteiger partial charge is 0.276 e. The predicted molar refractivity (Wildman–Crippen MR) is 102 cm³/mol. The molecule has 0 bridgehead atoms. The first-order valence-corrected chi connectivity index (χ1v) is 9.71. The highest BCUT2D eigenvalue weighted by Gasteiger charge is 2.55. The largest absolute Gasteiger partial charge is 0.363 e. The lowest BCUT2D eigenvalue weighted by atomic mass is 9.90. The third-order valence-corrected chi connectivity index (χ3v) is 6.82. The summed E-state index contributed by atoms with van der Waals surface area (Å²) in [7, 11) is 2.74. The van der Waals surface area contributed by atoms with Crippen LogP contribution in [0.2, 0.25) is 0 Å². The average Bonchev–Trinajstić information content (AvgIpc) is 2.45. The first-order chi connectivity index (χ1) is 11.0. The van der Waals surface area contributed by atoms with Gasteiger partial charge in [-0.05, 0) is 6.42 Å². The minimum Gasteiger partial charge on any atom is -0.363 e. The van der Waals surface area contributed by atoms with E-state index in [9.17, 15) is 14.7 Å². The summed E-state index contributed by atoms with van der Waals surface area (Å²) in [6.45, 7) is 3.22. The summed E-state index contributed by atoms with van der Waals surface area (Å²) in [4.78, 5) is 27.6. The summed E-state index contributed by atoms with van der Waals surface area (Å²) in [5.74, 6) is -2.35. The minimum atomic E-state index is -2.12. The second kappa shape index (κ2) is 7.94. The van der Waals surface area contributed by atoms with Crippen LogP contribution < -0.4 is 0 Å². The first kappa shape index (κ1) is 23.7. The van der Waals surface area contributed by atoms with E-state index in [0.29, 0.717) is 0 Å². The highest BCUT2D eigenvalue weighted by atomic mass is 35.6. The van der Waals surface area contributed by atoms with E-state index in [0.717, 1.165) is 9.80 Å². The van der Waals surface area contributed by atoms with Crippen LogP contribution in [0, 0.1) is 11.8 Å². The van der Waals surface area contributed by atoms with E-state index in [1.807, 2.05) is 0 Å². The van der Waals surface area contributed by atoms with Gasteiger partial charge in [0.05, 0.1) is 0 Å². The maximum Gasteiger partial charge on any atom is 0.276 e. The number of hydrogen-bond donors (Lipinski definition) is 1. The van der Waals surface area contributed by atoms with Crippen LogP contribution in [-0.2, 0) is 9.59 Å². The fourth-order valence-corrected chi connectivity index (χ4v) is 3.13. The van der Waals surface area contributed by atoms with E-state index in [1.165, 1.54) is 14.1 Å². The zero-order chi connectivity index (χ0) is 20.0. The van der Waals surface area contributed by atoms with Crippen molar-refractivity contribution < 1.29 is 14.7 Å². The normalized spacial score (nSPS) is 28.4. The quantitative estimate of drug-likeness (QED) is 0.628. The summed E-state index contributed by atoms with van der Waals surface area (Å²) in [6, 6.07) is -0.869. The average molecular weight is 477 g/mol. The zero-order valence-corrected chi connectivity index (χ0v) is 18.6. The number of carbonyl (C=O) groups excluding carboxylic acids is 2. The molecule has 0 saturated carbocycles. The Balaban J connectivity index is 3.09. The van der Waals surface area contributed by atoms with Crippen molar-refractivity contribution >= 4 is 81.4 Å². The van der Waals surface area contributed by atoms with Crippen molar-refractivity contribution in [3.63, 3.8) is 0 Å². The number of aliphatic hydroxyl groups is 1. The predicted octanol–water partition coefficient (Wildman–Crippen LogP) is 3.77. The molecule has 0 spiro atoms. The van der Waals surface area contributed by atoms with Crippen LogP contribution in [0.1, 0.15) is 26.7 Å². The zero-order valence-electron chi connectivity index (χ0n) is 14.1. The standard InChI is InChI=1S/C14H20Cl6N2O3/c1-7(13(15,16)17)5-9-10(23)22(4)12(25,11(24)21(9)3)6-8(2)14(18,19)20/h7-9,25H,5-6H2,1-4H3/t7-,8-,9-,12-/m0/s1. The topological polar surface area (TPSA) is 60.9 Å². The number of likely N-dealkylation sites (N-methyl/N-ethyl adjacent to an activating group) is 2. The molecule has 0 unspecified atom stereocenters. The number of nitrogens with zero attached hydrogens (tertiary/aromatic N) is 2. The number of halogens is 6. The molecule has 4 atom stereocenters. The molecular formula is C14H20Cl6N2O3. The highest BCUT2D eigenvalue weighted by molar-refractivity contribution is 6.68. The van der Waals surface area contributed by atoms with Gasteiger partial charge in [0, 0.05) is 32.4 Å². The lowest BCUT2D eigenvalue weighted by molar-refractivity contribution is -0.198. The van der Waals surface area contributed by atoms with Crippen molar-refractivity contribution in [1.29, 1.82) is 0 Å².